The highest BCUT2D eigenvalue weighted by atomic mass is 35.5. The number of ether oxygens (including phenoxy) is 1. The van der Waals surface area contributed by atoms with Crippen molar-refractivity contribution in [2.24, 2.45) is 7.05 Å². The van der Waals surface area contributed by atoms with E-state index in [2.05, 4.69) is 0 Å². The third-order valence-electron chi connectivity index (χ3n) is 5.32. The van der Waals surface area contributed by atoms with Crippen molar-refractivity contribution < 1.29 is 17.9 Å². The minimum absolute atomic E-state index is 0.140. The summed E-state index contributed by atoms with van der Waals surface area (Å²) in [5, 5.41) is 0.463. The molecule has 0 atom stereocenters. The van der Waals surface area contributed by atoms with E-state index in [-0.39, 0.29) is 41.9 Å². The second-order valence-corrected chi connectivity index (χ2v) is 10.5. The number of thiazole rings is 1. The molecule has 0 saturated carbocycles. The minimum Gasteiger partial charge on any atom is -0.496 e. The third kappa shape index (κ3) is 3.96. The first-order chi connectivity index (χ1) is 14.7. The van der Waals surface area contributed by atoms with Gasteiger partial charge < -0.3 is 14.2 Å². The van der Waals surface area contributed by atoms with Gasteiger partial charge in [-0.3, -0.25) is 9.59 Å². The van der Waals surface area contributed by atoms with E-state index in [9.17, 15) is 18.0 Å². The van der Waals surface area contributed by atoms with Crippen LogP contribution in [0.1, 0.15) is 10.4 Å². The molecule has 1 amide bonds. The second kappa shape index (κ2) is 8.27. The van der Waals surface area contributed by atoms with Crippen LogP contribution in [0.15, 0.2) is 46.1 Å². The predicted molar refractivity (Wildman–Crippen MR) is 120 cm³/mol. The summed E-state index contributed by atoms with van der Waals surface area (Å²) in [7, 11) is -0.621. The fraction of sp³-hybridized carbons (Fsp3) is 0.300. The summed E-state index contributed by atoms with van der Waals surface area (Å²) < 4.78 is 35.0. The molecular weight excluding hydrogens is 462 g/mol. The molecular formula is C20H20ClN3O5S2. The number of halogens is 1. The number of piperazine rings is 1. The number of fused-ring (bicyclic) bond motifs is 1. The number of amides is 1. The fourth-order valence-electron chi connectivity index (χ4n) is 3.57. The number of nitrogens with zero attached hydrogens (tertiary/aromatic N) is 3. The molecule has 0 spiro atoms. The topological polar surface area (TPSA) is 88.9 Å². The molecule has 1 aromatic heterocycles. The predicted octanol–water partition coefficient (Wildman–Crippen LogP) is 2.41. The molecule has 4 rings (SSSR count). The first kappa shape index (κ1) is 21.8. The van der Waals surface area contributed by atoms with Gasteiger partial charge in [-0.2, -0.15) is 4.31 Å². The van der Waals surface area contributed by atoms with Crippen molar-refractivity contribution in [2.45, 2.75) is 4.90 Å². The first-order valence-corrected chi connectivity index (χ1v) is 12.1. The number of benzene rings is 2. The Balaban J connectivity index is 1.51. The molecule has 0 radical (unpaired) electrons. The Morgan fingerprint density at radius 3 is 2.48 bits per heavy atom. The van der Waals surface area contributed by atoms with Crippen LogP contribution in [0.3, 0.4) is 0 Å². The molecule has 164 valence electrons. The number of rotatable bonds is 4. The molecule has 11 heteroatoms. The molecule has 31 heavy (non-hydrogen) atoms. The highest BCUT2D eigenvalue weighted by molar-refractivity contribution is 7.89. The summed E-state index contributed by atoms with van der Waals surface area (Å²) in [6, 6.07) is 9.49. The normalized spacial score (nSPS) is 15.4. The zero-order valence-corrected chi connectivity index (χ0v) is 19.3. The highest BCUT2D eigenvalue weighted by Crippen LogP contribution is 2.27. The Bertz CT molecular complexity index is 1320. The van der Waals surface area contributed by atoms with E-state index in [0.717, 1.165) is 11.3 Å². The second-order valence-electron chi connectivity index (χ2n) is 7.10. The zero-order valence-electron chi connectivity index (χ0n) is 16.9. The monoisotopic (exact) mass is 481 g/mol. The zero-order chi connectivity index (χ0) is 22.3. The number of sulfonamides is 1. The van der Waals surface area contributed by atoms with Gasteiger partial charge in [0.2, 0.25) is 10.0 Å². The van der Waals surface area contributed by atoms with Crippen molar-refractivity contribution in [1.82, 2.24) is 13.8 Å². The highest BCUT2D eigenvalue weighted by Gasteiger charge is 2.31. The van der Waals surface area contributed by atoms with Crippen molar-refractivity contribution in [2.75, 3.05) is 33.3 Å². The van der Waals surface area contributed by atoms with Crippen LogP contribution < -0.4 is 9.61 Å². The van der Waals surface area contributed by atoms with E-state index in [1.165, 1.54) is 28.1 Å². The number of carbonyl (C=O) groups excluding carboxylic acids is 1. The molecule has 8 nitrogen and oxygen atoms in total. The van der Waals surface area contributed by atoms with Crippen molar-refractivity contribution in [1.29, 1.82) is 0 Å². The van der Waals surface area contributed by atoms with Crippen molar-refractivity contribution in [3.63, 3.8) is 0 Å². The number of aromatic nitrogens is 1. The molecule has 1 aliphatic rings. The quantitative estimate of drug-likeness (QED) is 0.571. The smallest absolute Gasteiger partial charge is 0.307 e. The first-order valence-electron chi connectivity index (χ1n) is 9.45. The maximum absolute atomic E-state index is 13.1. The molecule has 0 bridgehead atoms. The van der Waals surface area contributed by atoms with E-state index < -0.39 is 10.0 Å². The lowest BCUT2D eigenvalue weighted by Crippen LogP contribution is -2.50. The van der Waals surface area contributed by atoms with Gasteiger partial charge in [-0.1, -0.05) is 22.9 Å². The van der Waals surface area contributed by atoms with Crippen molar-refractivity contribution >= 4 is 49.1 Å². The van der Waals surface area contributed by atoms with Crippen LogP contribution in [0.5, 0.6) is 5.75 Å². The lowest BCUT2D eigenvalue weighted by molar-refractivity contribution is 0.0694. The largest absolute Gasteiger partial charge is 0.496 e. The molecule has 1 fully saturated rings. The van der Waals surface area contributed by atoms with Gasteiger partial charge in [-0.05, 0) is 36.4 Å². The van der Waals surface area contributed by atoms with Gasteiger partial charge in [0, 0.05) is 38.2 Å². The Labute approximate surface area is 188 Å². The lowest BCUT2D eigenvalue weighted by atomic mass is 10.1. The Morgan fingerprint density at radius 1 is 1.10 bits per heavy atom. The summed E-state index contributed by atoms with van der Waals surface area (Å²) >= 11 is 6.98. The summed E-state index contributed by atoms with van der Waals surface area (Å²) in [5.41, 5.74) is 1.08. The van der Waals surface area contributed by atoms with Crippen LogP contribution in [0.4, 0.5) is 0 Å². The molecule has 0 aliphatic carbocycles. The third-order valence-corrected chi connectivity index (χ3v) is 8.45. The van der Waals surface area contributed by atoms with Crippen LogP contribution in [0.25, 0.3) is 10.2 Å². The molecule has 2 heterocycles. The number of hydrogen-bond acceptors (Lipinski definition) is 6. The van der Waals surface area contributed by atoms with Crippen molar-refractivity contribution in [3.8, 4) is 5.75 Å². The molecule has 0 N–H and O–H groups in total. The summed E-state index contributed by atoms with van der Waals surface area (Å²) in [4.78, 5) is 26.3. The molecule has 0 unspecified atom stereocenters. The molecule has 2 aromatic carbocycles. The van der Waals surface area contributed by atoms with E-state index in [1.807, 2.05) is 0 Å². The van der Waals surface area contributed by atoms with Gasteiger partial charge in [0.05, 0.1) is 27.8 Å². The molecule has 3 aromatic rings. The lowest BCUT2D eigenvalue weighted by Gasteiger charge is -2.34. The average Bonchev–Trinajstić information content (AvgIpc) is 3.06. The van der Waals surface area contributed by atoms with Gasteiger partial charge in [0.25, 0.3) is 5.91 Å². The summed E-state index contributed by atoms with van der Waals surface area (Å²) in [6.45, 7) is 0.857. The van der Waals surface area contributed by atoms with Crippen LogP contribution in [0.2, 0.25) is 5.02 Å². The molecule has 1 saturated heterocycles. The van der Waals surface area contributed by atoms with E-state index in [0.29, 0.717) is 26.6 Å². The van der Waals surface area contributed by atoms with E-state index >= 15 is 0 Å². The average molecular weight is 482 g/mol. The number of methoxy groups -OCH3 is 1. The van der Waals surface area contributed by atoms with Gasteiger partial charge in [-0.15, -0.1) is 0 Å². The van der Waals surface area contributed by atoms with Gasteiger partial charge in [0.15, 0.2) is 0 Å². The van der Waals surface area contributed by atoms with E-state index in [4.69, 9.17) is 16.3 Å². The van der Waals surface area contributed by atoms with Crippen molar-refractivity contribution in [3.05, 3.63) is 56.7 Å². The summed E-state index contributed by atoms with van der Waals surface area (Å²) in [6.07, 6.45) is 0. The number of hydrogen-bond donors (Lipinski definition) is 0. The van der Waals surface area contributed by atoms with Crippen LogP contribution in [0, 0.1) is 0 Å². The standard InChI is InChI=1S/C20H20ClN3O5S2/c1-22-16-6-4-14(12-18(16)30-20(22)26)31(27,28)24-9-7-23(8-10-24)19(25)15-5-3-13(21)11-17(15)29-2/h3-6,11-12H,7-10H2,1-2H3. The van der Waals surface area contributed by atoms with Crippen LogP contribution in [-0.4, -0.2) is 61.4 Å². The number of carbonyl (C=O) groups is 1. The van der Waals surface area contributed by atoms with Gasteiger partial charge >= 0.3 is 4.87 Å². The maximum atomic E-state index is 13.1. The Hall–Kier alpha value is -2.40. The number of aryl methyl sites for hydroxylation is 1. The van der Waals surface area contributed by atoms with E-state index in [1.54, 1.807) is 36.2 Å². The maximum Gasteiger partial charge on any atom is 0.307 e. The summed E-state index contributed by atoms with van der Waals surface area (Å²) in [5.74, 6) is 0.142. The van der Waals surface area contributed by atoms with Gasteiger partial charge in [-0.25, -0.2) is 8.42 Å². The Morgan fingerprint density at radius 2 is 1.81 bits per heavy atom. The van der Waals surface area contributed by atoms with Gasteiger partial charge in [0.1, 0.15) is 5.75 Å². The molecule has 1 aliphatic heterocycles. The van der Waals surface area contributed by atoms with Crippen LogP contribution in [-0.2, 0) is 17.1 Å². The minimum atomic E-state index is -3.74. The van der Waals surface area contributed by atoms with Crippen LogP contribution >= 0.6 is 22.9 Å². The SMILES string of the molecule is COc1cc(Cl)ccc1C(=O)N1CCN(S(=O)(=O)c2ccc3c(c2)sc(=O)n3C)CC1. The Kier molecular flexibility index (Phi) is 5.82. The fourth-order valence-corrected chi connectivity index (χ4v) is 6.17.